The number of methoxy groups -OCH3 is 1. The van der Waals surface area contributed by atoms with Crippen LogP contribution in [0.25, 0.3) is 10.9 Å². The summed E-state index contributed by atoms with van der Waals surface area (Å²) in [6.07, 6.45) is -2.94. The van der Waals surface area contributed by atoms with E-state index in [1.54, 1.807) is 25.1 Å². The predicted molar refractivity (Wildman–Crippen MR) is 124 cm³/mol. The van der Waals surface area contributed by atoms with E-state index in [-0.39, 0.29) is 17.2 Å². The summed E-state index contributed by atoms with van der Waals surface area (Å²) >= 11 is 0. The van der Waals surface area contributed by atoms with E-state index in [1.807, 2.05) is 0 Å². The number of alkyl halides is 3. The van der Waals surface area contributed by atoms with Crippen molar-refractivity contribution in [3.63, 3.8) is 0 Å². The number of nitrogens with zero attached hydrogens (tertiary/aromatic N) is 3. The van der Waals surface area contributed by atoms with E-state index in [4.69, 9.17) is 4.74 Å². The van der Waals surface area contributed by atoms with Gasteiger partial charge < -0.3 is 19.8 Å². The number of rotatable bonds is 9. The second kappa shape index (κ2) is 9.63. The third-order valence-electron chi connectivity index (χ3n) is 6.00. The molecule has 192 valence electrons. The molecule has 0 fully saturated rings. The number of hydrogen-bond acceptors (Lipinski definition) is 6. The number of benzene rings is 1. The zero-order valence-corrected chi connectivity index (χ0v) is 20.2. The number of aromatic nitrogens is 2. The summed E-state index contributed by atoms with van der Waals surface area (Å²) in [6.45, 7) is 2.71. The minimum atomic E-state index is -5.09. The fourth-order valence-electron chi connectivity index (χ4n) is 4.30. The average Bonchev–Trinajstić information content (AvgIpc) is 3.02. The summed E-state index contributed by atoms with van der Waals surface area (Å²) in [7, 11) is 4.92. The van der Waals surface area contributed by atoms with Crippen LogP contribution < -0.4 is 10.1 Å². The first kappa shape index (κ1) is 26.7. The van der Waals surface area contributed by atoms with Crippen molar-refractivity contribution in [2.24, 2.45) is 0 Å². The van der Waals surface area contributed by atoms with Crippen LogP contribution in [0.1, 0.15) is 31.4 Å². The Hall–Kier alpha value is -2.89. The highest BCUT2D eigenvalue weighted by atomic mass is 19.4. The van der Waals surface area contributed by atoms with Gasteiger partial charge in [0.05, 0.1) is 19.3 Å². The van der Waals surface area contributed by atoms with Gasteiger partial charge in [0.15, 0.2) is 5.88 Å². The number of aromatic hydroxyl groups is 1. The molecule has 0 amide bonds. The lowest BCUT2D eigenvalue weighted by molar-refractivity contribution is -0.281. The van der Waals surface area contributed by atoms with Crippen molar-refractivity contribution >= 4 is 10.9 Å². The van der Waals surface area contributed by atoms with E-state index >= 15 is 0 Å². The number of ether oxygens (including phenoxy) is 1. The average molecular weight is 499 g/mol. The normalized spacial score (nSPS) is 14.5. The molecule has 11 heteroatoms. The van der Waals surface area contributed by atoms with Gasteiger partial charge in [0.25, 0.3) is 0 Å². The van der Waals surface area contributed by atoms with Gasteiger partial charge >= 0.3 is 6.18 Å². The van der Waals surface area contributed by atoms with Crippen LogP contribution in [0.3, 0.4) is 0 Å². The quantitative estimate of drug-likeness (QED) is 0.304. The molecule has 1 atom stereocenters. The maximum Gasteiger partial charge on any atom is 0.431 e. The third kappa shape index (κ3) is 5.36. The largest absolute Gasteiger partial charge is 0.496 e. The maximum atomic E-state index is 14.2. The molecule has 2 heterocycles. The van der Waals surface area contributed by atoms with Crippen LogP contribution in [0.4, 0.5) is 17.6 Å². The van der Waals surface area contributed by atoms with Gasteiger partial charge in [-0.3, -0.25) is 14.9 Å². The van der Waals surface area contributed by atoms with Crippen molar-refractivity contribution in [3.05, 3.63) is 53.6 Å². The molecule has 0 spiro atoms. The molecular weight excluding hydrogens is 468 g/mol. The van der Waals surface area contributed by atoms with Crippen molar-refractivity contribution in [2.45, 2.75) is 50.8 Å². The minimum Gasteiger partial charge on any atom is -0.496 e. The number of hydrogen-bond donors (Lipinski definition) is 3. The summed E-state index contributed by atoms with van der Waals surface area (Å²) in [5.41, 5.74) is -3.59. The van der Waals surface area contributed by atoms with Gasteiger partial charge in [0.1, 0.15) is 11.6 Å². The van der Waals surface area contributed by atoms with Gasteiger partial charge in [-0.05, 0) is 43.8 Å². The SMILES string of the molecule is COc1ccc(F)cc1C(C)(C)CC(O)(NCn1c(O)c(CN(C)C)c2cnccc21)C(F)(F)F. The molecular formula is C24H30F4N4O3. The van der Waals surface area contributed by atoms with Crippen molar-refractivity contribution in [3.8, 4) is 11.6 Å². The van der Waals surface area contributed by atoms with Crippen molar-refractivity contribution < 1.29 is 32.5 Å². The predicted octanol–water partition coefficient (Wildman–Crippen LogP) is 4.12. The van der Waals surface area contributed by atoms with Crippen LogP contribution in [0.2, 0.25) is 0 Å². The fourth-order valence-corrected chi connectivity index (χ4v) is 4.30. The molecule has 0 aliphatic carbocycles. The van der Waals surface area contributed by atoms with Gasteiger partial charge in [-0.15, -0.1) is 0 Å². The Balaban J connectivity index is 1.99. The van der Waals surface area contributed by atoms with Crippen molar-refractivity contribution in [2.75, 3.05) is 21.2 Å². The standard InChI is InChI=1S/C24H30F4N4O3/c1-22(2,18-10-15(25)6-7-20(18)35-5)13-23(34,24(26,27)28)30-14-32-19-8-9-29-11-16(19)17(21(32)33)12-31(3)4/h6-11,30,33-34H,12-14H2,1-5H3. The minimum absolute atomic E-state index is 0.179. The molecule has 0 radical (unpaired) electrons. The van der Waals surface area contributed by atoms with Crippen molar-refractivity contribution in [1.29, 1.82) is 0 Å². The Morgan fingerprint density at radius 3 is 2.46 bits per heavy atom. The number of aliphatic hydroxyl groups is 1. The molecule has 2 aromatic heterocycles. The summed E-state index contributed by atoms with van der Waals surface area (Å²) in [5.74, 6) is -0.663. The molecule has 3 rings (SSSR count). The first-order valence-electron chi connectivity index (χ1n) is 10.9. The highest BCUT2D eigenvalue weighted by molar-refractivity contribution is 5.85. The molecule has 3 N–H and O–H groups in total. The smallest absolute Gasteiger partial charge is 0.431 e. The Morgan fingerprint density at radius 1 is 1.17 bits per heavy atom. The van der Waals surface area contributed by atoms with Gasteiger partial charge in [0.2, 0.25) is 5.72 Å². The molecule has 0 aliphatic rings. The molecule has 35 heavy (non-hydrogen) atoms. The first-order chi connectivity index (χ1) is 16.2. The van der Waals surface area contributed by atoms with Gasteiger partial charge in [-0.1, -0.05) is 13.8 Å². The van der Waals surface area contributed by atoms with Crippen LogP contribution >= 0.6 is 0 Å². The molecule has 1 aromatic carbocycles. The van der Waals surface area contributed by atoms with E-state index in [1.165, 1.54) is 44.0 Å². The highest BCUT2D eigenvalue weighted by Gasteiger charge is 2.56. The number of nitrogens with one attached hydrogen (secondary N) is 1. The second-order valence-electron chi connectivity index (χ2n) is 9.46. The van der Waals surface area contributed by atoms with Gasteiger partial charge in [-0.25, -0.2) is 4.39 Å². The van der Waals surface area contributed by atoms with E-state index in [2.05, 4.69) is 10.3 Å². The summed E-state index contributed by atoms with van der Waals surface area (Å²) in [4.78, 5) is 5.86. The topological polar surface area (TPSA) is 82.8 Å². The highest BCUT2D eigenvalue weighted by Crippen LogP contribution is 2.43. The van der Waals surface area contributed by atoms with E-state index in [9.17, 15) is 27.8 Å². The molecule has 0 bridgehead atoms. The second-order valence-corrected chi connectivity index (χ2v) is 9.46. The molecule has 0 aliphatic heterocycles. The molecule has 3 aromatic rings. The van der Waals surface area contributed by atoms with Crippen LogP contribution in [-0.2, 0) is 18.6 Å². The fraction of sp³-hybridized carbons (Fsp3) is 0.458. The Morgan fingerprint density at radius 2 is 1.86 bits per heavy atom. The molecule has 7 nitrogen and oxygen atoms in total. The number of fused-ring (bicyclic) bond motifs is 1. The molecule has 0 saturated heterocycles. The summed E-state index contributed by atoms with van der Waals surface area (Å²) in [5, 5.41) is 24.5. The Kier molecular flexibility index (Phi) is 7.35. The maximum absolute atomic E-state index is 14.2. The number of pyridine rings is 1. The zero-order valence-electron chi connectivity index (χ0n) is 20.2. The van der Waals surface area contributed by atoms with Gasteiger partial charge in [0, 0.05) is 41.9 Å². The van der Waals surface area contributed by atoms with Crippen LogP contribution in [0.5, 0.6) is 11.6 Å². The van der Waals surface area contributed by atoms with Crippen LogP contribution in [0, 0.1) is 5.82 Å². The van der Waals surface area contributed by atoms with E-state index < -0.39 is 36.2 Å². The third-order valence-corrected chi connectivity index (χ3v) is 6.00. The molecule has 0 saturated carbocycles. The van der Waals surface area contributed by atoms with Crippen LogP contribution in [-0.4, -0.2) is 57.8 Å². The lowest BCUT2D eigenvalue weighted by Gasteiger charge is -2.39. The summed E-state index contributed by atoms with van der Waals surface area (Å²) < 4.78 is 63.0. The summed E-state index contributed by atoms with van der Waals surface area (Å²) in [6, 6.07) is 5.15. The van der Waals surface area contributed by atoms with E-state index in [0.717, 1.165) is 12.1 Å². The zero-order chi connectivity index (χ0) is 26.2. The lowest BCUT2D eigenvalue weighted by atomic mass is 9.77. The monoisotopic (exact) mass is 498 g/mol. The Bertz CT molecular complexity index is 1190. The first-order valence-corrected chi connectivity index (χ1v) is 10.9. The molecule has 1 unspecified atom stereocenters. The van der Waals surface area contributed by atoms with Crippen molar-refractivity contribution in [1.82, 2.24) is 19.8 Å². The van der Waals surface area contributed by atoms with Crippen LogP contribution in [0.15, 0.2) is 36.7 Å². The Labute approximate surface area is 200 Å². The number of halogens is 4. The van der Waals surface area contributed by atoms with E-state index in [0.29, 0.717) is 23.0 Å². The lowest BCUT2D eigenvalue weighted by Crippen LogP contribution is -2.59. The van der Waals surface area contributed by atoms with Gasteiger partial charge in [-0.2, -0.15) is 13.2 Å².